The maximum Gasteiger partial charge on any atom is 0.453 e. The van der Waals surface area contributed by atoms with Gasteiger partial charge in [-0.05, 0) is 36.2 Å². The van der Waals surface area contributed by atoms with Gasteiger partial charge in [0.15, 0.2) is 5.65 Å². The molecule has 0 spiro atoms. The number of anilines is 1. The van der Waals surface area contributed by atoms with Crippen LogP contribution in [0, 0.1) is 6.92 Å². The largest absolute Gasteiger partial charge is 0.453 e. The predicted octanol–water partition coefficient (Wildman–Crippen LogP) is 5.03. The highest BCUT2D eigenvalue weighted by molar-refractivity contribution is 5.90. The van der Waals surface area contributed by atoms with Crippen molar-refractivity contribution < 1.29 is 22.8 Å². The van der Waals surface area contributed by atoms with E-state index in [4.69, 9.17) is 4.84 Å². The number of amides is 2. The molecular weight excluding hydrogens is 449 g/mol. The average Bonchev–Trinajstić information content (AvgIpc) is 3.48. The van der Waals surface area contributed by atoms with Gasteiger partial charge in [0.1, 0.15) is 0 Å². The number of fused-ring (bicyclic) bond motifs is 1. The molecule has 2 aromatic heterocycles. The molecule has 2 aromatic carbocycles. The molecule has 1 aliphatic heterocycles. The zero-order valence-electron chi connectivity index (χ0n) is 18.0. The van der Waals surface area contributed by atoms with Gasteiger partial charge in [0.25, 0.3) is 5.82 Å². The van der Waals surface area contributed by atoms with E-state index in [0.717, 1.165) is 11.1 Å². The van der Waals surface area contributed by atoms with Crippen molar-refractivity contribution in [3.05, 3.63) is 77.6 Å². The van der Waals surface area contributed by atoms with Gasteiger partial charge in [-0.25, -0.2) is 4.79 Å². The van der Waals surface area contributed by atoms with E-state index < -0.39 is 18.0 Å². The molecule has 2 amide bonds. The second-order valence-corrected chi connectivity index (χ2v) is 7.84. The van der Waals surface area contributed by atoms with E-state index in [9.17, 15) is 18.0 Å². The summed E-state index contributed by atoms with van der Waals surface area (Å²) in [4.78, 5) is 18.6. The molecular formula is C23H19F3N6O2. The van der Waals surface area contributed by atoms with Crippen molar-refractivity contribution in [1.82, 2.24) is 24.9 Å². The van der Waals surface area contributed by atoms with E-state index in [-0.39, 0.29) is 17.4 Å². The van der Waals surface area contributed by atoms with E-state index in [0.29, 0.717) is 28.8 Å². The quantitative estimate of drug-likeness (QED) is 0.456. The van der Waals surface area contributed by atoms with Crippen molar-refractivity contribution in [2.45, 2.75) is 25.6 Å². The van der Waals surface area contributed by atoms with Gasteiger partial charge in [0.05, 0.1) is 18.3 Å². The van der Waals surface area contributed by atoms with Gasteiger partial charge >= 0.3 is 12.2 Å². The van der Waals surface area contributed by atoms with E-state index in [1.54, 1.807) is 24.3 Å². The topological polar surface area (TPSA) is 84.7 Å². The van der Waals surface area contributed by atoms with Gasteiger partial charge in [-0.1, -0.05) is 42.5 Å². The Hall–Kier alpha value is -3.99. The van der Waals surface area contributed by atoms with Gasteiger partial charge in [0, 0.05) is 17.7 Å². The van der Waals surface area contributed by atoms with Crippen LogP contribution in [0.4, 0.5) is 23.7 Å². The van der Waals surface area contributed by atoms with E-state index >= 15 is 0 Å². The van der Waals surface area contributed by atoms with Crippen LogP contribution in [-0.4, -0.2) is 37.5 Å². The molecule has 0 aliphatic carbocycles. The van der Waals surface area contributed by atoms with Crippen LogP contribution in [0.5, 0.6) is 0 Å². The Morgan fingerprint density at radius 3 is 2.65 bits per heavy atom. The summed E-state index contributed by atoms with van der Waals surface area (Å²) in [5, 5.41) is 15.0. The monoisotopic (exact) mass is 468 g/mol. The lowest BCUT2D eigenvalue weighted by Gasteiger charge is -2.23. The van der Waals surface area contributed by atoms with Crippen LogP contribution in [0.1, 0.15) is 29.4 Å². The molecule has 1 aliphatic rings. The first-order valence-electron chi connectivity index (χ1n) is 10.5. The number of carbonyl (C=O) groups excluding carboxylic acids is 1. The van der Waals surface area contributed by atoms with Crippen LogP contribution in [0.2, 0.25) is 0 Å². The minimum atomic E-state index is -4.69. The second kappa shape index (κ2) is 8.41. The number of halogens is 3. The Kier molecular flexibility index (Phi) is 5.40. The molecule has 1 N–H and O–H groups in total. The summed E-state index contributed by atoms with van der Waals surface area (Å²) >= 11 is 0. The summed E-state index contributed by atoms with van der Waals surface area (Å²) in [7, 11) is 0. The van der Waals surface area contributed by atoms with Crippen molar-refractivity contribution >= 4 is 17.4 Å². The number of hydroxylamine groups is 2. The number of aromatic nitrogens is 4. The third-order valence-corrected chi connectivity index (χ3v) is 5.58. The normalized spacial score (nSPS) is 16.2. The lowest BCUT2D eigenvalue weighted by Crippen LogP contribution is -2.33. The molecule has 4 aromatic rings. The molecule has 11 heteroatoms. The third-order valence-electron chi connectivity index (χ3n) is 5.58. The molecule has 0 radical (unpaired) electrons. The molecule has 174 valence electrons. The highest BCUT2D eigenvalue weighted by atomic mass is 19.4. The van der Waals surface area contributed by atoms with Crippen molar-refractivity contribution in [2.24, 2.45) is 0 Å². The molecule has 0 bridgehead atoms. The number of benzene rings is 2. The van der Waals surface area contributed by atoms with Gasteiger partial charge in [-0.15, -0.1) is 10.2 Å². The predicted molar refractivity (Wildman–Crippen MR) is 117 cm³/mol. The van der Waals surface area contributed by atoms with Crippen molar-refractivity contribution in [2.75, 3.05) is 11.9 Å². The maximum atomic E-state index is 13.2. The van der Waals surface area contributed by atoms with Gasteiger partial charge < -0.3 is 5.32 Å². The first-order valence-corrected chi connectivity index (χ1v) is 10.5. The van der Waals surface area contributed by atoms with E-state index in [1.807, 2.05) is 37.3 Å². The number of rotatable bonds is 3. The zero-order chi connectivity index (χ0) is 23.9. The van der Waals surface area contributed by atoms with Crippen molar-refractivity contribution in [3.8, 4) is 11.3 Å². The molecule has 0 saturated carbocycles. The number of nitrogens with one attached hydrogen (secondary N) is 1. The Bertz CT molecular complexity index is 1360. The number of aryl methyl sites for hydroxylation is 1. The first kappa shape index (κ1) is 21.8. The molecule has 3 heterocycles. The molecule has 1 saturated heterocycles. The molecule has 8 nitrogen and oxygen atoms in total. The van der Waals surface area contributed by atoms with Crippen LogP contribution in [-0.2, 0) is 11.0 Å². The van der Waals surface area contributed by atoms with Gasteiger partial charge in [-0.3, -0.25) is 4.84 Å². The third kappa shape index (κ3) is 4.05. The van der Waals surface area contributed by atoms with Crippen LogP contribution in [0.3, 0.4) is 0 Å². The Morgan fingerprint density at radius 1 is 1.09 bits per heavy atom. The van der Waals surface area contributed by atoms with Crippen LogP contribution in [0.15, 0.2) is 60.7 Å². The summed E-state index contributed by atoms with van der Waals surface area (Å²) in [5.74, 6) is -1.21. The minimum Gasteiger partial charge on any atom is -0.306 e. The SMILES string of the molecule is Cc1ccc(-c2ccc3nnc(C(F)(F)F)n3n2)cc1NC(=O)N1OCCC1c1ccccc1. The number of hydrogen-bond acceptors (Lipinski definition) is 5. The van der Waals surface area contributed by atoms with Crippen molar-refractivity contribution in [1.29, 1.82) is 0 Å². The molecule has 1 unspecified atom stereocenters. The summed E-state index contributed by atoms with van der Waals surface area (Å²) in [6, 6.07) is 17.0. The second-order valence-electron chi connectivity index (χ2n) is 7.84. The van der Waals surface area contributed by atoms with Crippen LogP contribution >= 0.6 is 0 Å². The van der Waals surface area contributed by atoms with E-state index in [1.165, 1.54) is 11.1 Å². The van der Waals surface area contributed by atoms with E-state index in [2.05, 4.69) is 20.6 Å². The number of carbonyl (C=O) groups is 1. The maximum absolute atomic E-state index is 13.2. The van der Waals surface area contributed by atoms with Crippen molar-refractivity contribution in [3.63, 3.8) is 0 Å². The summed E-state index contributed by atoms with van der Waals surface area (Å²) in [5.41, 5.74) is 3.00. The lowest BCUT2D eigenvalue weighted by atomic mass is 10.0. The van der Waals surface area contributed by atoms with Crippen LogP contribution < -0.4 is 5.32 Å². The fraction of sp³-hybridized carbons (Fsp3) is 0.217. The first-order chi connectivity index (χ1) is 16.3. The molecule has 34 heavy (non-hydrogen) atoms. The fourth-order valence-corrected chi connectivity index (χ4v) is 3.85. The molecule has 1 atom stereocenters. The average molecular weight is 468 g/mol. The lowest BCUT2D eigenvalue weighted by molar-refractivity contribution is -0.146. The summed E-state index contributed by atoms with van der Waals surface area (Å²) < 4.78 is 40.3. The molecule has 1 fully saturated rings. The van der Waals surface area contributed by atoms with Gasteiger partial charge in [0.2, 0.25) is 0 Å². The zero-order valence-corrected chi connectivity index (χ0v) is 18.0. The summed E-state index contributed by atoms with van der Waals surface area (Å²) in [6.07, 6.45) is -4.02. The highest BCUT2D eigenvalue weighted by Crippen LogP contribution is 2.32. The number of alkyl halides is 3. The van der Waals surface area contributed by atoms with Crippen LogP contribution in [0.25, 0.3) is 16.9 Å². The van der Waals surface area contributed by atoms with Gasteiger partial charge in [-0.2, -0.15) is 27.8 Å². The summed E-state index contributed by atoms with van der Waals surface area (Å²) in [6.45, 7) is 2.23. The Morgan fingerprint density at radius 2 is 1.88 bits per heavy atom. The smallest absolute Gasteiger partial charge is 0.306 e. The Balaban J connectivity index is 1.43. The highest BCUT2D eigenvalue weighted by Gasteiger charge is 2.37. The standard InChI is InChI=1S/C23H19F3N6O2/c1-14-7-8-16(17-9-10-20-28-29-21(23(24,25)26)31(20)30-17)13-18(14)27-22(33)32-19(11-12-34-32)15-5-3-2-4-6-15/h2-10,13,19H,11-12H2,1H3,(H,27,33). The molecule has 5 rings (SSSR count). The number of urea groups is 1. The Labute approximate surface area is 191 Å². The minimum absolute atomic E-state index is 0.0187. The number of nitrogens with zero attached hydrogens (tertiary/aromatic N) is 5. The number of hydrogen-bond donors (Lipinski definition) is 1. The fourth-order valence-electron chi connectivity index (χ4n) is 3.85.